The van der Waals surface area contributed by atoms with E-state index < -0.39 is 42.1 Å². The molecular formula is C23H30N4O6S2. The highest BCUT2D eigenvalue weighted by atomic mass is 32.2. The summed E-state index contributed by atoms with van der Waals surface area (Å²) in [6, 6.07) is 4.75. The smallest absolute Gasteiger partial charge is 0.260 e. The third kappa shape index (κ3) is 5.01. The second-order valence-electron chi connectivity index (χ2n) is 10.2. The van der Waals surface area contributed by atoms with Crippen molar-refractivity contribution < 1.29 is 26.7 Å². The highest BCUT2D eigenvalue weighted by Gasteiger charge is 2.48. The van der Waals surface area contributed by atoms with Crippen molar-refractivity contribution in [3.8, 4) is 6.07 Å². The Morgan fingerprint density at radius 1 is 1.29 bits per heavy atom. The van der Waals surface area contributed by atoms with Gasteiger partial charge in [0.15, 0.2) is 4.91 Å². The highest BCUT2D eigenvalue weighted by Crippen LogP contribution is 2.44. The summed E-state index contributed by atoms with van der Waals surface area (Å²) in [6.07, 6.45) is 1.60. The first-order valence-corrected chi connectivity index (χ1v) is 14.4. The van der Waals surface area contributed by atoms with E-state index in [-0.39, 0.29) is 33.3 Å². The van der Waals surface area contributed by atoms with Gasteiger partial charge in [-0.2, -0.15) is 5.26 Å². The molecule has 0 bridgehead atoms. The number of carbonyl (C=O) groups excluding carboxylic acids is 1. The van der Waals surface area contributed by atoms with Gasteiger partial charge in [0.1, 0.15) is 17.4 Å². The number of sulfone groups is 1. The third-order valence-corrected chi connectivity index (χ3v) is 8.11. The van der Waals surface area contributed by atoms with Crippen LogP contribution >= 0.6 is 0 Å². The van der Waals surface area contributed by atoms with Crippen molar-refractivity contribution >= 4 is 37.1 Å². The van der Waals surface area contributed by atoms with E-state index in [1.807, 2.05) is 34.6 Å². The zero-order valence-corrected chi connectivity index (χ0v) is 22.1. The molecule has 0 aromatic heterocycles. The Bertz CT molecular complexity index is 1390. The van der Waals surface area contributed by atoms with Crippen molar-refractivity contribution in [2.45, 2.75) is 52.0 Å². The molecule has 0 spiro atoms. The minimum Gasteiger partial charge on any atom is -0.509 e. The molecule has 1 atom stereocenters. The Morgan fingerprint density at radius 3 is 2.43 bits per heavy atom. The van der Waals surface area contributed by atoms with Gasteiger partial charge in [-0.1, -0.05) is 34.6 Å². The van der Waals surface area contributed by atoms with Gasteiger partial charge in [-0.25, -0.2) is 16.8 Å². The number of aliphatic hydroxyl groups is 1. The van der Waals surface area contributed by atoms with Crippen LogP contribution in [0.15, 0.2) is 45.0 Å². The van der Waals surface area contributed by atoms with E-state index >= 15 is 0 Å². The van der Waals surface area contributed by atoms with Crippen molar-refractivity contribution in [3.63, 3.8) is 0 Å². The summed E-state index contributed by atoms with van der Waals surface area (Å²) >= 11 is 0. The van der Waals surface area contributed by atoms with Crippen molar-refractivity contribution in [1.82, 2.24) is 4.90 Å². The molecule has 3 rings (SSSR count). The summed E-state index contributed by atoms with van der Waals surface area (Å²) in [5.74, 6) is -0.568. The van der Waals surface area contributed by atoms with Gasteiger partial charge in [0, 0.05) is 12.2 Å². The first-order chi connectivity index (χ1) is 16.0. The molecular weight excluding hydrogens is 492 g/mol. The number of allylic oxidation sites excluding steroid dienone is 1. The summed E-state index contributed by atoms with van der Waals surface area (Å²) in [4.78, 5) is 14.0. The number of hydrogen-bond acceptors (Lipinski definition) is 8. The maximum atomic E-state index is 13.5. The van der Waals surface area contributed by atoms with Crippen LogP contribution in [0.4, 0.5) is 11.4 Å². The van der Waals surface area contributed by atoms with E-state index in [1.54, 1.807) is 6.07 Å². The molecule has 3 N–H and O–H groups in total. The second kappa shape index (κ2) is 8.87. The van der Waals surface area contributed by atoms with Gasteiger partial charge in [-0.15, -0.1) is 0 Å². The number of aliphatic hydroxyl groups excluding tert-OH is 1. The van der Waals surface area contributed by atoms with Crippen LogP contribution in [0.2, 0.25) is 0 Å². The molecule has 1 aromatic carbocycles. The summed E-state index contributed by atoms with van der Waals surface area (Å²) in [5, 5.41) is 23.9. The van der Waals surface area contributed by atoms with Gasteiger partial charge in [0.2, 0.25) is 19.9 Å². The quantitative estimate of drug-likeness (QED) is 0.514. The maximum absolute atomic E-state index is 13.5. The van der Waals surface area contributed by atoms with Crippen LogP contribution in [0.3, 0.4) is 0 Å². The maximum Gasteiger partial charge on any atom is 0.260 e. The van der Waals surface area contributed by atoms with Crippen molar-refractivity contribution in [2.75, 3.05) is 22.8 Å². The zero-order valence-electron chi connectivity index (χ0n) is 20.5. The third-order valence-electron chi connectivity index (χ3n) is 5.75. The Balaban J connectivity index is 2.18. The van der Waals surface area contributed by atoms with E-state index in [0.29, 0.717) is 18.9 Å². The van der Waals surface area contributed by atoms with Crippen molar-refractivity contribution in [2.24, 2.45) is 11.3 Å². The SMILES string of the molecule is CC(C)CCN1C(=O)C(C2=C(C#N)S(=O)(=O)c3cc(NS(C)(=O)=O)ccc3N2)=C(O)C1C(C)(C)C. The van der Waals surface area contributed by atoms with Crippen LogP contribution < -0.4 is 10.0 Å². The molecule has 2 aliphatic heterocycles. The lowest BCUT2D eigenvalue weighted by molar-refractivity contribution is -0.128. The molecule has 35 heavy (non-hydrogen) atoms. The van der Waals surface area contributed by atoms with E-state index in [1.165, 1.54) is 17.0 Å². The van der Waals surface area contributed by atoms with Gasteiger partial charge in [-0.05, 0) is 36.0 Å². The lowest BCUT2D eigenvalue weighted by Gasteiger charge is -2.35. The Morgan fingerprint density at radius 2 is 1.91 bits per heavy atom. The predicted molar refractivity (Wildman–Crippen MR) is 132 cm³/mol. The summed E-state index contributed by atoms with van der Waals surface area (Å²) < 4.78 is 52.1. The number of anilines is 2. The number of nitrogens with one attached hydrogen (secondary N) is 2. The average molecular weight is 523 g/mol. The lowest BCUT2D eigenvalue weighted by atomic mass is 9.85. The number of nitriles is 1. The first-order valence-electron chi connectivity index (χ1n) is 11.0. The second-order valence-corrected chi connectivity index (χ2v) is 13.8. The van der Waals surface area contributed by atoms with E-state index in [0.717, 1.165) is 12.3 Å². The van der Waals surface area contributed by atoms with Gasteiger partial charge < -0.3 is 15.3 Å². The fourth-order valence-electron chi connectivity index (χ4n) is 4.25. The lowest BCUT2D eigenvalue weighted by Crippen LogP contribution is -2.44. The summed E-state index contributed by atoms with van der Waals surface area (Å²) in [6.45, 7) is 9.96. The topological polar surface area (TPSA) is 157 Å². The van der Waals surface area contributed by atoms with E-state index in [4.69, 9.17) is 0 Å². The molecule has 0 saturated heterocycles. The minimum atomic E-state index is -4.44. The number of amides is 1. The van der Waals surface area contributed by atoms with E-state index in [9.17, 15) is 32.0 Å². The minimum absolute atomic E-state index is 0.00373. The summed E-state index contributed by atoms with van der Waals surface area (Å²) in [5.41, 5.74) is -1.04. The Labute approximate surface area is 206 Å². The van der Waals surface area contributed by atoms with Gasteiger partial charge >= 0.3 is 0 Å². The molecule has 0 saturated carbocycles. The normalized spacial score (nSPS) is 20.1. The number of fused-ring (bicyclic) bond motifs is 1. The van der Waals surface area contributed by atoms with Crippen LogP contribution in [0.1, 0.15) is 41.0 Å². The van der Waals surface area contributed by atoms with Crippen LogP contribution in [-0.2, 0) is 24.7 Å². The Hall–Kier alpha value is -3.04. The fourth-order valence-corrected chi connectivity index (χ4v) is 6.26. The van der Waals surface area contributed by atoms with Gasteiger partial charge in [0.25, 0.3) is 5.91 Å². The van der Waals surface area contributed by atoms with Gasteiger partial charge in [0.05, 0.1) is 28.6 Å². The molecule has 12 heteroatoms. The average Bonchev–Trinajstić information content (AvgIpc) is 2.95. The van der Waals surface area contributed by atoms with Crippen LogP contribution in [0, 0.1) is 22.7 Å². The molecule has 2 aliphatic rings. The highest BCUT2D eigenvalue weighted by molar-refractivity contribution is 7.96. The van der Waals surface area contributed by atoms with Crippen LogP contribution in [0.5, 0.6) is 0 Å². The number of sulfonamides is 1. The van der Waals surface area contributed by atoms with Gasteiger partial charge in [-0.3, -0.25) is 9.52 Å². The zero-order chi connectivity index (χ0) is 26.5. The van der Waals surface area contributed by atoms with Crippen LogP contribution in [-0.4, -0.2) is 51.6 Å². The number of hydrogen-bond donors (Lipinski definition) is 3. The van der Waals surface area contributed by atoms with Crippen molar-refractivity contribution in [1.29, 1.82) is 5.26 Å². The van der Waals surface area contributed by atoms with E-state index in [2.05, 4.69) is 10.0 Å². The number of benzene rings is 1. The first kappa shape index (κ1) is 26.6. The number of nitrogens with zero attached hydrogens (tertiary/aromatic N) is 2. The Kier molecular flexibility index (Phi) is 6.73. The molecule has 1 aromatic rings. The largest absolute Gasteiger partial charge is 0.509 e. The van der Waals surface area contributed by atoms with Crippen molar-refractivity contribution in [3.05, 3.63) is 40.1 Å². The molecule has 0 radical (unpaired) electrons. The summed E-state index contributed by atoms with van der Waals surface area (Å²) in [7, 11) is -8.10. The molecule has 190 valence electrons. The fraction of sp³-hybridized carbons (Fsp3) is 0.478. The molecule has 1 amide bonds. The molecule has 1 unspecified atom stereocenters. The molecule has 0 fully saturated rings. The number of rotatable bonds is 6. The molecule has 2 heterocycles. The number of carbonyl (C=O) groups is 1. The van der Waals surface area contributed by atoms with Crippen LogP contribution in [0.25, 0.3) is 0 Å². The monoisotopic (exact) mass is 522 g/mol. The predicted octanol–water partition coefficient (Wildman–Crippen LogP) is 3.11. The molecule has 0 aliphatic carbocycles. The standard InChI is InChI=1S/C23H30N4O6S2/c1-13(2)9-10-27-21(23(3,4)5)20(28)18(22(27)29)19-17(12-24)35(32,33)16-11-14(26-34(6,30)31)7-8-15(16)25-19/h7-8,11,13,21,25-26,28H,9-10H2,1-6H3. The molecule has 10 nitrogen and oxygen atoms in total.